The molecule has 1 rings (SSSR count). The minimum absolute atomic E-state index is 0. The van der Waals surface area contributed by atoms with E-state index in [9.17, 15) is 114 Å². The van der Waals surface area contributed by atoms with Crippen LogP contribution in [0.3, 0.4) is 0 Å². The minimum atomic E-state index is -8.79. The first-order valence-corrected chi connectivity index (χ1v) is 23.5. The molecular formula is C42H60F17GdN6O14. The molecule has 80 heavy (non-hydrogen) atoms. The largest absolute Gasteiger partial charge is 3.00 e. The van der Waals surface area contributed by atoms with Crippen molar-refractivity contribution in [1.82, 2.24) is 29.8 Å². The number of nitrogens with one attached hydrogen (secondary N) is 1. The number of carboxylic acids is 3. The summed E-state index contributed by atoms with van der Waals surface area (Å²) < 4.78 is 264. The second kappa shape index (κ2) is 34.8. The Kier molecular flexibility index (Phi) is 33.5. The van der Waals surface area contributed by atoms with Crippen molar-refractivity contribution in [2.45, 2.75) is 67.0 Å². The van der Waals surface area contributed by atoms with E-state index in [1.807, 2.05) is 0 Å². The molecule has 1 saturated heterocycles. The number of rotatable bonds is 37. The number of halogens is 17. The minimum Gasteiger partial charge on any atom is -0.549 e. The van der Waals surface area contributed by atoms with Gasteiger partial charge in [-0.15, -0.1) is 0 Å². The zero-order valence-electron chi connectivity index (χ0n) is 42.7. The van der Waals surface area contributed by atoms with E-state index in [-0.39, 0.29) is 139 Å². The number of ether oxygens (including phenoxy) is 6. The van der Waals surface area contributed by atoms with E-state index < -0.39 is 142 Å². The third kappa shape index (κ3) is 22.9. The van der Waals surface area contributed by atoms with Crippen molar-refractivity contribution < 1.29 is 182 Å². The number of carbonyl (C=O) groups is 5. The first-order chi connectivity index (χ1) is 36.4. The van der Waals surface area contributed by atoms with Crippen LogP contribution in [0, 0.1) is 39.9 Å². The van der Waals surface area contributed by atoms with Crippen LogP contribution in [0.4, 0.5) is 74.6 Å². The number of carbonyl (C=O) groups excluding carboxylic acids is 5. The van der Waals surface area contributed by atoms with Crippen molar-refractivity contribution in [2.24, 2.45) is 0 Å². The molecule has 0 aliphatic carbocycles. The average Bonchev–Trinajstić information content (AvgIpc) is 3.33. The second-order valence-electron chi connectivity index (χ2n) is 17.2. The molecule has 38 heteroatoms. The zero-order chi connectivity index (χ0) is 60.7. The van der Waals surface area contributed by atoms with Gasteiger partial charge in [0.25, 0.3) is 0 Å². The van der Waals surface area contributed by atoms with E-state index in [4.69, 9.17) is 23.7 Å². The Bertz CT molecular complexity index is 1860. The van der Waals surface area contributed by atoms with Crippen molar-refractivity contribution in [2.75, 3.05) is 171 Å². The van der Waals surface area contributed by atoms with Gasteiger partial charge in [0, 0.05) is 98.6 Å². The fraction of sp³-hybridized carbons (Fsp3) is 0.881. The number of alkyl halides is 17. The number of hydrogen-bond donors (Lipinski definition) is 1. The van der Waals surface area contributed by atoms with Gasteiger partial charge in [-0.2, -0.15) is 74.6 Å². The summed E-state index contributed by atoms with van der Waals surface area (Å²) in [6, 6.07) is -1.20. The summed E-state index contributed by atoms with van der Waals surface area (Å²) in [7, 11) is 1.48. The number of nitrogens with zero attached hydrogens (tertiary/aromatic N) is 5. The van der Waals surface area contributed by atoms with E-state index >= 15 is 0 Å². The van der Waals surface area contributed by atoms with E-state index in [1.165, 1.54) is 33.6 Å². The fourth-order valence-electron chi connectivity index (χ4n) is 6.82. The van der Waals surface area contributed by atoms with Crippen LogP contribution in [0.5, 0.6) is 0 Å². The Hall–Kier alpha value is -2.92. The number of carboxylic acid groups (broad SMARTS) is 3. The first-order valence-electron chi connectivity index (χ1n) is 23.5. The number of hydrogen-bond acceptors (Lipinski definition) is 18. The maximum atomic E-state index is 14.5. The molecule has 0 saturated carbocycles. The normalized spacial score (nSPS) is 16.5. The molecule has 0 aromatic heterocycles. The van der Waals surface area contributed by atoms with E-state index in [2.05, 4.69) is 10.1 Å². The Labute approximate surface area is 478 Å². The van der Waals surface area contributed by atoms with Gasteiger partial charge in [0.05, 0.1) is 103 Å². The van der Waals surface area contributed by atoms with Crippen LogP contribution in [0.2, 0.25) is 0 Å². The van der Waals surface area contributed by atoms with Gasteiger partial charge in [0.15, 0.2) is 0 Å². The summed E-state index contributed by atoms with van der Waals surface area (Å²) in [5.74, 6) is -64.1. The average molecular weight is 1350 g/mol. The molecule has 1 atom stereocenters. The molecule has 1 unspecified atom stereocenters. The number of methoxy groups -OCH3 is 1. The Morgan fingerprint density at radius 1 is 0.475 bits per heavy atom. The van der Waals surface area contributed by atoms with Gasteiger partial charge in [-0.05, 0) is 6.92 Å². The van der Waals surface area contributed by atoms with Gasteiger partial charge in [0.1, 0.15) is 0 Å². The third-order valence-corrected chi connectivity index (χ3v) is 11.5. The van der Waals surface area contributed by atoms with Crippen molar-refractivity contribution in [3.8, 4) is 0 Å². The molecule has 0 bridgehead atoms. The standard InChI is InChI=1S/C42H63F17N6O14.Gd/c1-29(64-10-8-62(27-32(69)70)6-4-61(26-31(67)68)5-7-63(9-11-64)28-33(71)72)34(73)60-25-30(66)65(13-16-76-19-20-78-23-24-79-22-21-77-18-17-74-2)12-15-75-14-3-35(43,44)36(45,46)37(47,48)38(49,50)39(51,52)40(53,54)41(55,56)42(57,58)59;/h29H,3-28H2,1-2H3,(H,60,73)(H,67,68)(H,69,70)(H,71,72);/q;+3/p-3. The summed E-state index contributed by atoms with van der Waals surface area (Å²) in [4.78, 5) is 67.7. The van der Waals surface area contributed by atoms with E-state index in [0.29, 0.717) is 13.2 Å². The van der Waals surface area contributed by atoms with Gasteiger partial charge in [-0.1, -0.05) is 0 Å². The topological polar surface area (TPSA) is 238 Å². The smallest absolute Gasteiger partial charge is 0.549 e. The molecule has 1 radical (unpaired) electrons. The maximum absolute atomic E-state index is 14.5. The molecule has 2 amide bonds. The van der Waals surface area contributed by atoms with Crippen molar-refractivity contribution >= 4 is 29.7 Å². The van der Waals surface area contributed by atoms with Crippen LogP contribution in [-0.2, 0) is 52.4 Å². The summed E-state index contributed by atoms with van der Waals surface area (Å²) in [6.07, 6.45) is -10.8. The second-order valence-corrected chi connectivity index (χ2v) is 17.2. The molecular weight excluding hydrogens is 1290 g/mol. The molecule has 0 aromatic carbocycles. The predicted molar refractivity (Wildman–Crippen MR) is 226 cm³/mol. The van der Waals surface area contributed by atoms with Crippen molar-refractivity contribution in [3.05, 3.63) is 0 Å². The number of amides is 2. The fourth-order valence-corrected chi connectivity index (χ4v) is 6.82. The van der Waals surface area contributed by atoms with Crippen LogP contribution in [0.25, 0.3) is 0 Å². The molecule has 1 aliphatic rings. The monoisotopic (exact) mass is 1350 g/mol. The Balaban J connectivity index is 0.0000624. The van der Waals surface area contributed by atoms with Crippen LogP contribution < -0.4 is 20.6 Å². The molecule has 1 N–H and O–H groups in total. The first kappa shape index (κ1) is 77.1. The van der Waals surface area contributed by atoms with Gasteiger partial charge < -0.3 is 68.3 Å². The van der Waals surface area contributed by atoms with E-state index in [0.717, 1.165) is 4.90 Å². The molecule has 20 nitrogen and oxygen atoms in total. The molecule has 1 aliphatic heterocycles. The molecule has 1 heterocycles. The number of aliphatic carboxylic acids is 3. The third-order valence-electron chi connectivity index (χ3n) is 11.5. The van der Waals surface area contributed by atoms with Gasteiger partial charge in [0.2, 0.25) is 11.8 Å². The van der Waals surface area contributed by atoms with Crippen molar-refractivity contribution in [1.29, 1.82) is 0 Å². The summed E-state index contributed by atoms with van der Waals surface area (Å²) in [5, 5.41) is 36.7. The summed E-state index contributed by atoms with van der Waals surface area (Å²) >= 11 is 0. The van der Waals surface area contributed by atoms with Crippen LogP contribution in [0.1, 0.15) is 13.3 Å². The van der Waals surface area contributed by atoms with Gasteiger partial charge >= 0.3 is 87.6 Å². The zero-order valence-corrected chi connectivity index (χ0v) is 45.0. The molecule has 0 spiro atoms. The van der Waals surface area contributed by atoms with Crippen molar-refractivity contribution in [3.63, 3.8) is 0 Å². The SMILES string of the molecule is COCCOCCOCCOCCOCCN(CCOCCC(F)(F)C(F)(F)C(F)(F)C(F)(F)C(F)(F)C(F)(F)C(F)(F)C(F)(F)F)C(=O)CNC(=O)C(C)N1CCN(CC(=O)[O-])CCN(CC(=O)[O-])CCN(CC(=O)[O-])CC1.[Gd+3]. The van der Waals surface area contributed by atoms with Crippen LogP contribution >= 0.6 is 0 Å². The van der Waals surface area contributed by atoms with Gasteiger partial charge in [-0.3, -0.25) is 29.2 Å². The predicted octanol–water partition coefficient (Wildman–Crippen LogP) is -1.08. The molecule has 469 valence electrons. The Morgan fingerprint density at radius 3 is 1.14 bits per heavy atom. The molecule has 1 fully saturated rings. The summed E-state index contributed by atoms with van der Waals surface area (Å²) in [6.45, 7) is -5.51. The molecule has 0 aromatic rings. The Morgan fingerprint density at radius 2 is 0.787 bits per heavy atom. The van der Waals surface area contributed by atoms with Crippen LogP contribution in [-0.4, -0.2) is 279 Å². The van der Waals surface area contributed by atoms with Crippen LogP contribution in [0.15, 0.2) is 0 Å². The van der Waals surface area contributed by atoms with E-state index in [1.54, 1.807) is 0 Å². The van der Waals surface area contributed by atoms with Gasteiger partial charge in [-0.25, -0.2) is 0 Å². The summed E-state index contributed by atoms with van der Waals surface area (Å²) in [5.41, 5.74) is 0. The maximum Gasteiger partial charge on any atom is 3.00 e. The quantitative estimate of drug-likeness (QED) is 0.0575.